The maximum atomic E-state index is 11.7. The molecule has 0 saturated carbocycles. The van der Waals surface area contributed by atoms with Crippen LogP contribution in [0.1, 0.15) is 10.4 Å². The molecular formula is C16H8Br3NO3. The Kier molecular flexibility index (Phi) is 4.44. The monoisotopic (exact) mass is 499 g/mol. The number of aromatic carboxylic acids is 1. The molecular weight excluding hydrogens is 494 g/mol. The highest BCUT2D eigenvalue weighted by atomic mass is 79.9. The van der Waals surface area contributed by atoms with Crippen molar-refractivity contribution in [1.29, 1.82) is 0 Å². The summed E-state index contributed by atoms with van der Waals surface area (Å²) in [7, 11) is 0. The van der Waals surface area contributed by atoms with Crippen molar-refractivity contribution in [3.05, 3.63) is 55.4 Å². The van der Waals surface area contributed by atoms with Gasteiger partial charge >= 0.3 is 5.97 Å². The molecule has 4 nitrogen and oxygen atoms in total. The summed E-state index contributed by atoms with van der Waals surface area (Å²) in [4.78, 5) is 16.1. The van der Waals surface area contributed by atoms with Gasteiger partial charge in [0.15, 0.2) is 5.75 Å². The zero-order chi connectivity index (χ0) is 16.7. The fourth-order valence-corrected chi connectivity index (χ4v) is 3.88. The molecule has 0 aliphatic rings. The molecule has 3 aromatic rings. The second kappa shape index (κ2) is 6.22. The molecule has 0 fully saturated rings. The van der Waals surface area contributed by atoms with Gasteiger partial charge in [0.25, 0.3) is 0 Å². The van der Waals surface area contributed by atoms with Gasteiger partial charge in [-0.1, -0.05) is 44.0 Å². The highest BCUT2D eigenvalue weighted by Gasteiger charge is 2.22. The molecule has 0 spiro atoms. The van der Waals surface area contributed by atoms with E-state index in [0.29, 0.717) is 25.4 Å². The highest BCUT2D eigenvalue weighted by molar-refractivity contribution is 9.11. The van der Waals surface area contributed by atoms with Crippen molar-refractivity contribution in [2.45, 2.75) is 0 Å². The van der Waals surface area contributed by atoms with Crippen LogP contribution in [0.4, 0.5) is 0 Å². The van der Waals surface area contributed by atoms with Crippen molar-refractivity contribution < 1.29 is 15.0 Å². The SMILES string of the molecule is O=C(O)c1c(O)c(-c2ccc(Br)cc2)nc2c(Br)cc(Br)cc12. The van der Waals surface area contributed by atoms with E-state index in [1.807, 2.05) is 0 Å². The number of benzene rings is 2. The first-order valence-corrected chi connectivity index (χ1v) is 8.77. The van der Waals surface area contributed by atoms with Crippen molar-refractivity contribution >= 4 is 64.7 Å². The predicted molar refractivity (Wildman–Crippen MR) is 98.9 cm³/mol. The van der Waals surface area contributed by atoms with Crippen LogP contribution >= 0.6 is 47.8 Å². The summed E-state index contributed by atoms with van der Waals surface area (Å²) in [6, 6.07) is 10.5. The molecule has 116 valence electrons. The van der Waals surface area contributed by atoms with E-state index in [1.54, 1.807) is 36.4 Å². The number of halogens is 3. The number of nitrogens with zero attached hydrogens (tertiary/aromatic N) is 1. The molecule has 0 aliphatic carbocycles. The average molecular weight is 502 g/mol. The molecule has 1 heterocycles. The predicted octanol–water partition coefficient (Wildman–Crippen LogP) is 5.59. The van der Waals surface area contributed by atoms with E-state index < -0.39 is 5.97 Å². The first kappa shape index (κ1) is 16.4. The van der Waals surface area contributed by atoms with Gasteiger partial charge in [-0.25, -0.2) is 9.78 Å². The molecule has 2 aromatic carbocycles. The van der Waals surface area contributed by atoms with E-state index in [-0.39, 0.29) is 17.0 Å². The summed E-state index contributed by atoms with van der Waals surface area (Å²) < 4.78 is 2.21. The minimum absolute atomic E-state index is 0.171. The van der Waals surface area contributed by atoms with E-state index in [4.69, 9.17) is 0 Å². The third-order valence-corrected chi connectivity index (χ3v) is 4.90. The quantitative estimate of drug-likeness (QED) is 0.480. The van der Waals surface area contributed by atoms with Crippen molar-refractivity contribution in [2.75, 3.05) is 0 Å². The molecule has 0 amide bonds. The Morgan fingerprint density at radius 1 is 1.00 bits per heavy atom. The number of carbonyl (C=O) groups is 1. The second-order valence-electron chi connectivity index (χ2n) is 4.78. The third-order valence-electron chi connectivity index (χ3n) is 3.31. The number of aromatic nitrogens is 1. The first-order valence-electron chi connectivity index (χ1n) is 6.39. The Hall–Kier alpha value is -1.44. The molecule has 0 atom stereocenters. The number of aromatic hydroxyl groups is 1. The van der Waals surface area contributed by atoms with Crippen LogP contribution in [0.3, 0.4) is 0 Å². The van der Waals surface area contributed by atoms with Crippen LogP contribution in [0.25, 0.3) is 22.2 Å². The van der Waals surface area contributed by atoms with Crippen molar-refractivity contribution in [3.63, 3.8) is 0 Å². The van der Waals surface area contributed by atoms with Crippen LogP contribution in [-0.4, -0.2) is 21.2 Å². The maximum absolute atomic E-state index is 11.7. The molecule has 7 heteroatoms. The topological polar surface area (TPSA) is 70.4 Å². The molecule has 3 rings (SSSR count). The van der Waals surface area contributed by atoms with Gasteiger partial charge in [0, 0.05) is 24.4 Å². The van der Waals surface area contributed by atoms with Gasteiger partial charge in [0.05, 0.1) is 5.52 Å². The number of rotatable bonds is 2. The van der Waals surface area contributed by atoms with Crippen LogP contribution in [-0.2, 0) is 0 Å². The highest BCUT2D eigenvalue weighted by Crippen LogP contribution is 2.39. The normalized spacial score (nSPS) is 10.9. The van der Waals surface area contributed by atoms with E-state index in [1.165, 1.54) is 0 Å². The lowest BCUT2D eigenvalue weighted by molar-refractivity contribution is 0.0696. The Balaban J connectivity index is 2.42. The van der Waals surface area contributed by atoms with Gasteiger partial charge in [-0.15, -0.1) is 0 Å². The smallest absolute Gasteiger partial charge is 0.340 e. The van der Waals surface area contributed by atoms with E-state index >= 15 is 0 Å². The fraction of sp³-hybridized carbons (Fsp3) is 0. The van der Waals surface area contributed by atoms with Crippen LogP contribution < -0.4 is 0 Å². The van der Waals surface area contributed by atoms with Gasteiger partial charge in [-0.2, -0.15) is 0 Å². The lowest BCUT2D eigenvalue weighted by Crippen LogP contribution is -2.02. The number of hydrogen-bond donors (Lipinski definition) is 2. The third kappa shape index (κ3) is 3.00. The van der Waals surface area contributed by atoms with Crippen molar-refractivity contribution in [1.82, 2.24) is 4.98 Å². The molecule has 0 bridgehead atoms. The van der Waals surface area contributed by atoms with Gasteiger partial charge in [-0.05, 0) is 40.2 Å². The summed E-state index contributed by atoms with van der Waals surface area (Å²) in [6.45, 7) is 0. The van der Waals surface area contributed by atoms with Crippen LogP contribution in [0.5, 0.6) is 5.75 Å². The Labute approximate surface area is 156 Å². The van der Waals surface area contributed by atoms with Gasteiger partial charge in [0.1, 0.15) is 11.3 Å². The minimum Gasteiger partial charge on any atom is -0.505 e. The summed E-state index contributed by atoms with van der Waals surface area (Å²) in [6.07, 6.45) is 0. The summed E-state index contributed by atoms with van der Waals surface area (Å²) in [5, 5.41) is 20.4. The standard InChI is InChI=1S/C16H8Br3NO3/c17-8-3-1-7(2-4-8)13-15(21)12(16(22)23)10-5-9(18)6-11(19)14(10)20-13/h1-6,21H,(H,22,23). The van der Waals surface area contributed by atoms with Crippen molar-refractivity contribution in [3.8, 4) is 17.0 Å². The summed E-state index contributed by atoms with van der Waals surface area (Å²) in [5.74, 6) is -1.56. The Bertz CT molecular complexity index is 940. The summed E-state index contributed by atoms with van der Waals surface area (Å²) >= 11 is 10.1. The van der Waals surface area contributed by atoms with E-state index in [2.05, 4.69) is 52.8 Å². The van der Waals surface area contributed by atoms with Crippen LogP contribution in [0.15, 0.2) is 49.8 Å². The lowest BCUT2D eigenvalue weighted by atomic mass is 10.0. The molecule has 0 radical (unpaired) electrons. The molecule has 0 unspecified atom stereocenters. The molecule has 0 saturated heterocycles. The zero-order valence-corrected chi connectivity index (χ0v) is 16.1. The van der Waals surface area contributed by atoms with Gasteiger partial charge in [-0.3, -0.25) is 0 Å². The molecule has 0 aliphatic heterocycles. The number of fused-ring (bicyclic) bond motifs is 1. The molecule has 2 N–H and O–H groups in total. The van der Waals surface area contributed by atoms with Gasteiger partial charge < -0.3 is 10.2 Å². The fourth-order valence-electron chi connectivity index (χ4n) is 2.31. The maximum Gasteiger partial charge on any atom is 0.340 e. The lowest BCUT2D eigenvalue weighted by Gasteiger charge is -2.12. The van der Waals surface area contributed by atoms with Crippen LogP contribution in [0, 0.1) is 0 Å². The number of carboxylic acids is 1. The molecule has 1 aromatic heterocycles. The molecule has 23 heavy (non-hydrogen) atoms. The van der Waals surface area contributed by atoms with Crippen LogP contribution in [0.2, 0.25) is 0 Å². The number of pyridine rings is 1. The Morgan fingerprint density at radius 3 is 2.26 bits per heavy atom. The van der Waals surface area contributed by atoms with E-state index in [0.717, 1.165) is 4.47 Å². The minimum atomic E-state index is -1.21. The first-order chi connectivity index (χ1) is 10.9. The van der Waals surface area contributed by atoms with Crippen molar-refractivity contribution in [2.24, 2.45) is 0 Å². The Morgan fingerprint density at radius 2 is 1.65 bits per heavy atom. The number of hydrogen-bond acceptors (Lipinski definition) is 3. The average Bonchev–Trinajstić information content (AvgIpc) is 2.47. The van der Waals surface area contributed by atoms with Gasteiger partial charge in [0.2, 0.25) is 0 Å². The zero-order valence-electron chi connectivity index (χ0n) is 11.3. The van der Waals surface area contributed by atoms with E-state index in [9.17, 15) is 15.0 Å². The summed E-state index contributed by atoms with van der Waals surface area (Å²) in [5.41, 5.74) is 1.16. The largest absolute Gasteiger partial charge is 0.505 e. The second-order valence-corrected chi connectivity index (χ2v) is 7.47. The number of carboxylic acid groups (broad SMARTS) is 1.